The summed E-state index contributed by atoms with van der Waals surface area (Å²) in [5.74, 6) is 0.293. The lowest BCUT2D eigenvalue weighted by atomic mass is 10.1. The molecule has 0 fully saturated rings. The van der Waals surface area contributed by atoms with Crippen molar-refractivity contribution < 1.29 is 13.2 Å². The standard InChI is InChI=1S/C15H16F3N5/c1-9-3-10(2)5-12(4-9)23-14(19)22-8-13-20-6-11(7-21-13)15(16,17)18/h3-7H,8H2,1-2H3,(H3,19,22,23). The summed E-state index contributed by atoms with van der Waals surface area (Å²) in [6, 6.07) is 5.84. The lowest BCUT2D eigenvalue weighted by Crippen LogP contribution is -2.23. The molecule has 1 aromatic heterocycles. The molecule has 0 aliphatic heterocycles. The van der Waals surface area contributed by atoms with Gasteiger partial charge in [-0.05, 0) is 37.1 Å². The highest BCUT2D eigenvalue weighted by atomic mass is 19.4. The van der Waals surface area contributed by atoms with Crippen molar-refractivity contribution in [1.29, 1.82) is 0 Å². The quantitative estimate of drug-likeness (QED) is 0.672. The maximum absolute atomic E-state index is 12.4. The number of aryl methyl sites for hydroxylation is 2. The van der Waals surface area contributed by atoms with Crippen LogP contribution >= 0.6 is 0 Å². The van der Waals surface area contributed by atoms with Gasteiger partial charge in [-0.2, -0.15) is 13.2 Å². The van der Waals surface area contributed by atoms with E-state index in [1.807, 2.05) is 32.0 Å². The molecule has 0 atom stereocenters. The number of nitrogens with one attached hydrogen (secondary N) is 1. The molecule has 0 bridgehead atoms. The summed E-state index contributed by atoms with van der Waals surface area (Å²) in [6.07, 6.45) is -3.00. The van der Waals surface area contributed by atoms with Crippen LogP contribution in [-0.4, -0.2) is 15.9 Å². The van der Waals surface area contributed by atoms with Crippen molar-refractivity contribution in [3.8, 4) is 0 Å². The highest BCUT2D eigenvalue weighted by Crippen LogP contribution is 2.27. The Morgan fingerprint density at radius 3 is 2.22 bits per heavy atom. The number of aromatic nitrogens is 2. The Morgan fingerprint density at radius 1 is 1.13 bits per heavy atom. The van der Waals surface area contributed by atoms with Crippen molar-refractivity contribution in [1.82, 2.24) is 9.97 Å². The molecule has 1 aromatic carbocycles. The van der Waals surface area contributed by atoms with Gasteiger partial charge in [0, 0.05) is 18.1 Å². The number of benzene rings is 1. The largest absolute Gasteiger partial charge is 0.419 e. The number of aliphatic imine (C=N–C) groups is 1. The summed E-state index contributed by atoms with van der Waals surface area (Å²) in [7, 11) is 0. The van der Waals surface area contributed by atoms with E-state index in [2.05, 4.69) is 20.3 Å². The van der Waals surface area contributed by atoms with Gasteiger partial charge in [-0.25, -0.2) is 15.0 Å². The number of nitrogens with two attached hydrogens (primary N) is 1. The lowest BCUT2D eigenvalue weighted by molar-refractivity contribution is -0.138. The van der Waals surface area contributed by atoms with E-state index in [0.29, 0.717) is 0 Å². The van der Waals surface area contributed by atoms with E-state index in [-0.39, 0.29) is 18.3 Å². The van der Waals surface area contributed by atoms with Crippen molar-refractivity contribution in [2.24, 2.45) is 10.7 Å². The summed E-state index contributed by atoms with van der Waals surface area (Å²) in [6.45, 7) is 3.91. The van der Waals surface area contributed by atoms with E-state index < -0.39 is 11.7 Å². The first kappa shape index (κ1) is 16.7. The molecule has 5 nitrogen and oxygen atoms in total. The zero-order valence-corrected chi connectivity index (χ0v) is 12.6. The van der Waals surface area contributed by atoms with Gasteiger partial charge in [0.15, 0.2) is 5.96 Å². The monoisotopic (exact) mass is 323 g/mol. The second-order valence-electron chi connectivity index (χ2n) is 5.09. The Labute approximate surface area is 131 Å². The summed E-state index contributed by atoms with van der Waals surface area (Å²) in [5, 5.41) is 2.92. The fourth-order valence-electron chi connectivity index (χ4n) is 1.97. The van der Waals surface area contributed by atoms with Crippen LogP contribution in [0.3, 0.4) is 0 Å². The van der Waals surface area contributed by atoms with E-state index in [9.17, 15) is 13.2 Å². The molecule has 23 heavy (non-hydrogen) atoms. The number of hydrogen-bond donors (Lipinski definition) is 2. The van der Waals surface area contributed by atoms with Gasteiger partial charge in [0.2, 0.25) is 0 Å². The van der Waals surface area contributed by atoms with Gasteiger partial charge in [-0.1, -0.05) is 6.07 Å². The maximum Gasteiger partial charge on any atom is 0.419 e. The predicted octanol–water partition coefficient (Wildman–Crippen LogP) is 3.04. The van der Waals surface area contributed by atoms with Crippen LogP contribution in [0, 0.1) is 13.8 Å². The lowest BCUT2D eigenvalue weighted by Gasteiger charge is -2.08. The van der Waals surface area contributed by atoms with E-state index in [0.717, 1.165) is 29.2 Å². The Morgan fingerprint density at radius 2 is 1.70 bits per heavy atom. The van der Waals surface area contributed by atoms with E-state index >= 15 is 0 Å². The first-order valence-corrected chi connectivity index (χ1v) is 6.77. The SMILES string of the molecule is Cc1cc(C)cc(NC(N)=NCc2ncc(C(F)(F)F)cn2)c1. The number of nitrogens with zero attached hydrogens (tertiary/aromatic N) is 3. The normalized spacial score (nSPS) is 12.3. The summed E-state index contributed by atoms with van der Waals surface area (Å²) in [4.78, 5) is 11.3. The van der Waals surface area contributed by atoms with Crippen LogP contribution in [0.15, 0.2) is 35.6 Å². The van der Waals surface area contributed by atoms with E-state index in [4.69, 9.17) is 5.73 Å². The smallest absolute Gasteiger partial charge is 0.370 e. The number of hydrogen-bond acceptors (Lipinski definition) is 3. The molecule has 0 amide bonds. The minimum Gasteiger partial charge on any atom is -0.370 e. The number of anilines is 1. The van der Waals surface area contributed by atoms with Crippen molar-refractivity contribution in [2.45, 2.75) is 26.6 Å². The first-order chi connectivity index (χ1) is 10.7. The highest BCUT2D eigenvalue weighted by molar-refractivity contribution is 5.92. The van der Waals surface area contributed by atoms with Crippen LogP contribution in [0.25, 0.3) is 0 Å². The number of rotatable bonds is 3. The first-order valence-electron chi connectivity index (χ1n) is 6.77. The number of guanidine groups is 1. The molecule has 3 N–H and O–H groups in total. The third-order valence-electron chi connectivity index (χ3n) is 2.92. The minimum absolute atomic E-state index is 0.0121. The third-order valence-corrected chi connectivity index (χ3v) is 2.92. The van der Waals surface area contributed by atoms with Crippen LogP contribution in [0.5, 0.6) is 0 Å². The molecular weight excluding hydrogens is 307 g/mol. The second kappa shape index (κ2) is 6.64. The highest BCUT2D eigenvalue weighted by Gasteiger charge is 2.31. The molecule has 0 unspecified atom stereocenters. The molecule has 0 saturated carbocycles. The maximum atomic E-state index is 12.4. The van der Waals surface area contributed by atoms with Gasteiger partial charge in [0.25, 0.3) is 0 Å². The Hall–Kier alpha value is -2.64. The van der Waals surface area contributed by atoms with Crippen LogP contribution in [-0.2, 0) is 12.7 Å². The van der Waals surface area contributed by atoms with Crippen LogP contribution in [0.4, 0.5) is 18.9 Å². The minimum atomic E-state index is -4.45. The summed E-state index contributed by atoms with van der Waals surface area (Å²) >= 11 is 0. The Kier molecular flexibility index (Phi) is 4.83. The molecule has 0 radical (unpaired) electrons. The molecule has 0 aliphatic carbocycles. The van der Waals surface area contributed by atoms with Gasteiger partial charge in [-0.3, -0.25) is 0 Å². The van der Waals surface area contributed by atoms with E-state index in [1.54, 1.807) is 0 Å². The number of halogens is 3. The van der Waals surface area contributed by atoms with E-state index in [1.165, 1.54) is 0 Å². The molecule has 2 aromatic rings. The van der Waals surface area contributed by atoms with Crippen molar-refractivity contribution >= 4 is 11.6 Å². The summed E-state index contributed by atoms with van der Waals surface area (Å²) < 4.78 is 37.2. The van der Waals surface area contributed by atoms with Gasteiger partial charge < -0.3 is 11.1 Å². The molecule has 1 heterocycles. The zero-order chi connectivity index (χ0) is 17.0. The number of alkyl halides is 3. The topological polar surface area (TPSA) is 76.2 Å². The van der Waals surface area contributed by atoms with Crippen molar-refractivity contribution in [3.63, 3.8) is 0 Å². The van der Waals surface area contributed by atoms with Crippen LogP contribution in [0.2, 0.25) is 0 Å². The molecule has 122 valence electrons. The molecule has 0 saturated heterocycles. The van der Waals surface area contributed by atoms with Gasteiger partial charge in [-0.15, -0.1) is 0 Å². The van der Waals surface area contributed by atoms with Crippen molar-refractivity contribution in [3.05, 3.63) is 53.1 Å². The zero-order valence-electron chi connectivity index (χ0n) is 12.6. The van der Waals surface area contributed by atoms with Crippen LogP contribution < -0.4 is 11.1 Å². The third kappa shape index (κ3) is 4.94. The Bertz CT molecular complexity index is 688. The predicted molar refractivity (Wildman–Crippen MR) is 81.9 cm³/mol. The average Bonchev–Trinajstić information content (AvgIpc) is 2.43. The molecule has 0 aliphatic rings. The summed E-state index contributed by atoms with van der Waals surface area (Å²) in [5.41, 5.74) is 7.80. The fraction of sp³-hybridized carbons (Fsp3) is 0.267. The van der Waals surface area contributed by atoms with Gasteiger partial charge >= 0.3 is 6.18 Å². The molecular formula is C15H16F3N5. The molecule has 8 heteroatoms. The second-order valence-corrected chi connectivity index (χ2v) is 5.09. The molecule has 2 rings (SSSR count). The van der Waals surface area contributed by atoms with Crippen molar-refractivity contribution in [2.75, 3.05) is 5.32 Å². The average molecular weight is 323 g/mol. The van der Waals surface area contributed by atoms with Crippen LogP contribution in [0.1, 0.15) is 22.5 Å². The fourth-order valence-corrected chi connectivity index (χ4v) is 1.97. The van der Waals surface area contributed by atoms with Gasteiger partial charge in [0.1, 0.15) is 12.4 Å². The van der Waals surface area contributed by atoms with Gasteiger partial charge in [0.05, 0.1) is 5.56 Å². The molecule has 0 spiro atoms. The Balaban J connectivity index is 2.01.